The third-order valence-electron chi connectivity index (χ3n) is 2.48. The highest BCUT2D eigenvalue weighted by atomic mass is 79.9. The number of nitrogens with zero attached hydrogens (tertiary/aromatic N) is 2. The van der Waals surface area contributed by atoms with Gasteiger partial charge in [-0.2, -0.15) is 5.10 Å². The second-order valence-electron chi connectivity index (χ2n) is 3.92. The van der Waals surface area contributed by atoms with Gasteiger partial charge in [0.2, 0.25) is 0 Å². The Labute approximate surface area is 120 Å². The number of benzene rings is 1. The zero-order valence-corrected chi connectivity index (χ0v) is 12.4. The van der Waals surface area contributed by atoms with E-state index in [1.165, 1.54) is 6.07 Å². The number of carboxylic acid groups (broad SMARTS) is 1. The van der Waals surface area contributed by atoms with E-state index in [2.05, 4.69) is 21.0 Å². The molecule has 0 aliphatic heterocycles. The summed E-state index contributed by atoms with van der Waals surface area (Å²) in [4.78, 5) is 11.5. The molecule has 1 N–H and O–H groups in total. The molecule has 2 rings (SSSR count). The molecule has 0 radical (unpaired) electrons. The zero-order valence-electron chi connectivity index (χ0n) is 10.0. The van der Waals surface area contributed by atoms with Crippen molar-refractivity contribution in [3.63, 3.8) is 0 Å². The van der Waals surface area contributed by atoms with E-state index in [-0.39, 0.29) is 11.3 Å². The molecule has 0 spiro atoms. The molecule has 0 bridgehead atoms. The first kappa shape index (κ1) is 14.0. The van der Waals surface area contributed by atoms with Crippen LogP contribution in [0.1, 0.15) is 16.1 Å². The molecule has 1 heterocycles. The van der Waals surface area contributed by atoms with Crippen molar-refractivity contribution in [1.29, 1.82) is 0 Å². The normalized spacial score (nSPS) is 12.3. The van der Waals surface area contributed by atoms with Crippen LogP contribution in [0.4, 0.5) is 0 Å². The Morgan fingerprint density at radius 1 is 1.47 bits per heavy atom. The molecule has 0 fully saturated rings. The Kier molecular flexibility index (Phi) is 4.16. The summed E-state index contributed by atoms with van der Waals surface area (Å²) in [5.41, 5.74) is 0.812. The summed E-state index contributed by atoms with van der Waals surface area (Å²) in [6.45, 7) is 0. The summed E-state index contributed by atoms with van der Waals surface area (Å²) < 4.78 is 14.3. The fourth-order valence-electron chi connectivity index (χ4n) is 1.57. The second kappa shape index (κ2) is 5.66. The number of hydrogen-bond acceptors (Lipinski definition) is 3. The summed E-state index contributed by atoms with van der Waals surface area (Å²) in [6.07, 6.45) is 1.77. The lowest BCUT2D eigenvalue weighted by Crippen LogP contribution is -2.02. The third kappa shape index (κ3) is 3.30. The van der Waals surface area contributed by atoms with Crippen molar-refractivity contribution in [3.8, 4) is 0 Å². The van der Waals surface area contributed by atoms with E-state index in [9.17, 15) is 9.00 Å². The maximum Gasteiger partial charge on any atom is 0.336 e. The Morgan fingerprint density at radius 3 is 2.79 bits per heavy atom. The lowest BCUT2D eigenvalue weighted by molar-refractivity contribution is 0.0695. The van der Waals surface area contributed by atoms with Crippen molar-refractivity contribution in [1.82, 2.24) is 9.78 Å². The molecule has 100 valence electrons. The van der Waals surface area contributed by atoms with Gasteiger partial charge < -0.3 is 5.11 Å². The lowest BCUT2D eigenvalue weighted by Gasteiger charge is -2.04. The summed E-state index contributed by atoms with van der Waals surface area (Å²) in [7, 11) is 0.470. The topological polar surface area (TPSA) is 72.2 Å². The van der Waals surface area contributed by atoms with Gasteiger partial charge in [-0.15, -0.1) is 0 Å². The average molecular weight is 343 g/mol. The number of aromatic nitrogens is 2. The van der Waals surface area contributed by atoms with Crippen LogP contribution in [0.3, 0.4) is 0 Å². The minimum absolute atomic E-state index is 0.104. The van der Waals surface area contributed by atoms with E-state index in [0.29, 0.717) is 15.1 Å². The zero-order chi connectivity index (χ0) is 14.0. The fraction of sp³-hybridized carbons (Fsp3) is 0.167. The van der Waals surface area contributed by atoms with Crippen LogP contribution in [0.25, 0.3) is 0 Å². The average Bonchev–Trinajstić information content (AvgIpc) is 2.74. The first-order chi connectivity index (χ1) is 8.97. The van der Waals surface area contributed by atoms with E-state index in [1.807, 2.05) is 0 Å². The molecule has 0 aliphatic carbocycles. The summed E-state index contributed by atoms with van der Waals surface area (Å²) in [6, 6.07) is 6.45. The van der Waals surface area contributed by atoms with Gasteiger partial charge in [0, 0.05) is 22.6 Å². The smallest absolute Gasteiger partial charge is 0.336 e. The van der Waals surface area contributed by atoms with Gasteiger partial charge in [-0.05, 0) is 40.2 Å². The Morgan fingerprint density at radius 2 is 2.21 bits per heavy atom. The van der Waals surface area contributed by atoms with Crippen molar-refractivity contribution in [3.05, 3.63) is 46.2 Å². The van der Waals surface area contributed by atoms with Crippen LogP contribution in [0.5, 0.6) is 0 Å². The molecule has 19 heavy (non-hydrogen) atoms. The number of halogens is 1. The fourth-order valence-corrected chi connectivity index (χ4v) is 3.04. The van der Waals surface area contributed by atoms with Crippen molar-refractivity contribution in [2.24, 2.45) is 7.05 Å². The van der Waals surface area contributed by atoms with Gasteiger partial charge in [-0.25, -0.2) is 4.79 Å². The maximum absolute atomic E-state index is 12.2. The maximum atomic E-state index is 12.2. The van der Waals surface area contributed by atoms with Crippen molar-refractivity contribution >= 4 is 32.7 Å². The summed E-state index contributed by atoms with van der Waals surface area (Å²) in [5.74, 6) is -0.787. The van der Waals surface area contributed by atoms with Crippen LogP contribution in [-0.4, -0.2) is 25.1 Å². The minimum atomic E-state index is -1.32. The first-order valence-electron chi connectivity index (χ1n) is 5.37. The predicted octanol–water partition coefficient (Wildman–Crippen LogP) is 2.19. The van der Waals surface area contributed by atoms with Crippen LogP contribution in [0, 0.1) is 0 Å². The molecule has 1 unspecified atom stereocenters. The SMILES string of the molecule is Cn1ccc(CS(=O)c2ccc(Br)c(C(=O)O)c2)n1. The number of aryl methyl sites for hydroxylation is 1. The third-order valence-corrected chi connectivity index (χ3v) is 4.51. The molecule has 0 amide bonds. The monoisotopic (exact) mass is 342 g/mol. The molecule has 1 aromatic heterocycles. The molecule has 1 aromatic carbocycles. The second-order valence-corrected chi connectivity index (χ2v) is 6.22. The lowest BCUT2D eigenvalue weighted by atomic mass is 10.2. The number of aromatic carboxylic acids is 1. The van der Waals surface area contributed by atoms with Crippen molar-refractivity contribution in [2.45, 2.75) is 10.6 Å². The first-order valence-corrected chi connectivity index (χ1v) is 7.48. The number of carbonyl (C=O) groups is 1. The largest absolute Gasteiger partial charge is 0.478 e. The highest BCUT2D eigenvalue weighted by Crippen LogP contribution is 2.21. The number of hydrogen-bond donors (Lipinski definition) is 1. The van der Waals surface area contributed by atoms with Crippen LogP contribution in [-0.2, 0) is 23.6 Å². The molecular weight excluding hydrogens is 332 g/mol. The van der Waals surface area contributed by atoms with Gasteiger partial charge in [0.05, 0.1) is 27.8 Å². The summed E-state index contributed by atoms with van der Waals surface area (Å²) >= 11 is 3.15. The molecule has 1 atom stereocenters. The van der Waals surface area contributed by atoms with E-state index >= 15 is 0 Å². The Bertz CT molecular complexity index is 654. The molecule has 0 aliphatic rings. The van der Waals surface area contributed by atoms with E-state index in [4.69, 9.17) is 5.11 Å². The van der Waals surface area contributed by atoms with Crippen LogP contribution in [0.2, 0.25) is 0 Å². The van der Waals surface area contributed by atoms with Crippen LogP contribution >= 0.6 is 15.9 Å². The van der Waals surface area contributed by atoms with Crippen molar-refractivity contribution < 1.29 is 14.1 Å². The van der Waals surface area contributed by atoms with Crippen LogP contribution < -0.4 is 0 Å². The van der Waals surface area contributed by atoms with Gasteiger partial charge >= 0.3 is 5.97 Å². The molecule has 2 aromatic rings. The van der Waals surface area contributed by atoms with E-state index < -0.39 is 16.8 Å². The molecule has 7 heteroatoms. The molecular formula is C12H11BrN2O3S. The highest BCUT2D eigenvalue weighted by molar-refractivity contribution is 9.10. The molecule has 5 nitrogen and oxygen atoms in total. The minimum Gasteiger partial charge on any atom is -0.478 e. The van der Waals surface area contributed by atoms with E-state index in [0.717, 1.165) is 0 Å². The summed E-state index contributed by atoms with van der Waals surface area (Å²) in [5, 5.41) is 13.2. The molecule has 0 saturated heterocycles. The van der Waals surface area contributed by atoms with Crippen LogP contribution in [0.15, 0.2) is 39.8 Å². The van der Waals surface area contributed by atoms with E-state index in [1.54, 1.807) is 36.1 Å². The number of carboxylic acids is 1. The number of rotatable bonds is 4. The van der Waals surface area contributed by atoms with Gasteiger partial charge in [0.1, 0.15) is 0 Å². The van der Waals surface area contributed by atoms with Crippen molar-refractivity contribution in [2.75, 3.05) is 0 Å². The quantitative estimate of drug-likeness (QED) is 0.924. The highest BCUT2D eigenvalue weighted by Gasteiger charge is 2.13. The predicted molar refractivity (Wildman–Crippen MR) is 74.4 cm³/mol. The Balaban J connectivity index is 2.24. The van der Waals surface area contributed by atoms with Gasteiger partial charge in [0.15, 0.2) is 0 Å². The van der Waals surface area contributed by atoms with Gasteiger partial charge in [0.25, 0.3) is 0 Å². The standard InChI is InChI=1S/C12H11BrN2O3S/c1-15-5-4-8(14-15)7-19(18)9-2-3-11(13)10(6-9)12(16)17/h2-6H,7H2,1H3,(H,16,17). The molecule has 0 saturated carbocycles. The Hall–Kier alpha value is -1.47. The van der Waals surface area contributed by atoms with Gasteiger partial charge in [-0.1, -0.05) is 0 Å². The van der Waals surface area contributed by atoms with Gasteiger partial charge in [-0.3, -0.25) is 8.89 Å².